The van der Waals surface area contributed by atoms with Crippen LogP contribution in [0.5, 0.6) is 0 Å². The maximum Gasteiger partial charge on any atom is 0.331 e. The molecule has 3 aromatic rings. The van der Waals surface area contributed by atoms with Crippen LogP contribution in [0.25, 0.3) is 17.0 Å². The number of fused-ring (bicyclic) bond motifs is 1. The first-order valence-electron chi connectivity index (χ1n) is 8.15. The lowest BCUT2D eigenvalue weighted by Gasteiger charge is -2.16. The number of pyridine rings is 1. The molecule has 0 fully saturated rings. The lowest BCUT2D eigenvalue weighted by molar-refractivity contribution is -0.142. The number of nitrogens with zero attached hydrogens (tertiary/aromatic N) is 2. The molecule has 1 amide bonds. The molecule has 0 bridgehead atoms. The van der Waals surface area contributed by atoms with E-state index in [1.807, 2.05) is 60.7 Å². The smallest absolute Gasteiger partial charge is 0.331 e. The zero-order valence-electron chi connectivity index (χ0n) is 14.3. The molecule has 130 valence electrons. The van der Waals surface area contributed by atoms with E-state index in [4.69, 9.17) is 4.74 Å². The fourth-order valence-corrected chi connectivity index (χ4v) is 2.49. The summed E-state index contributed by atoms with van der Waals surface area (Å²) in [5.41, 5.74) is 2.36. The molecule has 0 spiro atoms. The van der Waals surface area contributed by atoms with E-state index in [0.29, 0.717) is 0 Å². The summed E-state index contributed by atoms with van der Waals surface area (Å²) in [7, 11) is 1.64. The summed E-state index contributed by atoms with van der Waals surface area (Å²) in [6.07, 6.45) is 4.65. The van der Waals surface area contributed by atoms with Gasteiger partial charge in [0.25, 0.3) is 5.91 Å². The highest BCUT2D eigenvalue weighted by molar-refractivity contribution is 5.97. The molecule has 0 saturated carbocycles. The van der Waals surface area contributed by atoms with Crippen LogP contribution in [0, 0.1) is 0 Å². The quantitative estimate of drug-likeness (QED) is 0.524. The van der Waals surface area contributed by atoms with Gasteiger partial charge in [-0.1, -0.05) is 42.5 Å². The van der Waals surface area contributed by atoms with E-state index in [1.165, 1.54) is 11.0 Å². The van der Waals surface area contributed by atoms with Crippen molar-refractivity contribution in [3.63, 3.8) is 0 Å². The second-order valence-electron chi connectivity index (χ2n) is 5.65. The number of likely N-dealkylation sites (N-methyl/N-ethyl adjacent to an activating group) is 1. The van der Waals surface area contributed by atoms with Crippen LogP contribution in [0.2, 0.25) is 0 Å². The molecule has 0 N–H and O–H groups in total. The number of esters is 1. The summed E-state index contributed by atoms with van der Waals surface area (Å²) >= 11 is 0. The molecule has 0 saturated heterocycles. The average Bonchev–Trinajstić information content (AvgIpc) is 2.70. The number of ether oxygens (including phenoxy) is 1. The Balaban J connectivity index is 1.60. The van der Waals surface area contributed by atoms with E-state index in [2.05, 4.69) is 4.98 Å². The number of rotatable bonds is 5. The van der Waals surface area contributed by atoms with Gasteiger partial charge in [-0.3, -0.25) is 9.78 Å². The normalized spacial score (nSPS) is 10.8. The minimum atomic E-state index is -0.576. The van der Waals surface area contributed by atoms with Crippen LogP contribution in [0.15, 0.2) is 72.9 Å². The highest BCUT2D eigenvalue weighted by Gasteiger charge is 2.12. The van der Waals surface area contributed by atoms with Crippen LogP contribution in [0.3, 0.4) is 0 Å². The number of carbonyl (C=O) groups is 2. The molecule has 26 heavy (non-hydrogen) atoms. The number of hydrogen-bond acceptors (Lipinski definition) is 4. The van der Waals surface area contributed by atoms with Gasteiger partial charge in [0.05, 0.1) is 5.52 Å². The van der Waals surface area contributed by atoms with E-state index in [9.17, 15) is 9.59 Å². The summed E-state index contributed by atoms with van der Waals surface area (Å²) in [5, 5.41) is 0.989. The minimum absolute atomic E-state index is 0.301. The molecule has 0 aliphatic rings. The van der Waals surface area contributed by atoms with Crippen LogP contribution in [-0.4, -0.2) is 30.5 Å². The first-order chi connectivity index (χ1) is 12.6. The van der Waals surface area contributed by atoms with Gasteiger partial charge in [-0.2, -0.15) is 0 Å². The maximum atomic E-state index is 12.1. The monoisotopic (exact) mass is 346 g/mol. The Bertz CT molecular complexity index is 946. The lowest BCUT2D eigenvalue weighted by Crippen LogP contribution is -2.30. The third-order valence-electron chi connectivity index (χ3n) is 3.92. The van der Waals surface area contributed by atoms with Gasteiger partial charge in [-0.15, -0.1) is 0 Å². The largest absolute Gasteiger partial charge is 0.452 e. The van der Waals surface area contributed by atoms with Crippen LogP contribution < -0.4 is 4.90 Å². The van der Waals surface area contributed by atoms with Gasteiger partial charge < -0.3 is 9.64 Å². The van der Waals surface area contributed by atoms with Gasteiger partial charge in [0.15, 0.2) is 6.61 Å². The summed E-state index contributed by atoms with van der Waals surface area (Å²) < 4.78 is 5.04. The number of carbonyl (C=O) groups excluding carboxylic acids is 2. The molecule has 0 unspecified atom stereocenters. The maximum absolute atomic E-state index is 12.1. The molecule has 0 atom stereocenters. The molecule has 0 radical (unpaired) electrons. The van der Waals surface area contributed by atoms with Crippen molar-refractivity contribution < 1.29 is 14.3 Å². The van der Waals surface area contributed by atoms with Crippen molar-refractivity contribution in [1.82, 2.24) is 4.98 Å². The predicted molar refractivity (Wildman–Crippen MR) is 102 cm³/mol. The van der Waals surface area contributed by atoms with Crippen molar-refractivity contribution in [1.29, 1.82) is 0 Å². The summed E-state index contributed by atoms with van der Waals surface area (Å²) in [4.78, 5) is 29.8. The van der Waals surface area contributed by atoms with Crippen molar-refractivity contribution in [2.24, 2.45) is 0 Å². The Morgan fingerprint density at radius 3 is 2.62 bits per heavy atom. The molecule has 0 aliphatic carbocycles. The lowest BCUT2D eigenvalue weighted by atomic mass is 10.1. The van der Waals surface area contributed by atoms with Crippen molar-refractivity contribution in [3.05, 3.63) is 78.5 Å². The molecule has 1 heterocycles. The van der Waals surface area contributed by atoms with E-state index >= 15 is 0 Å². The minimum Gasteiger partial charge on any atom is -0.452 e. The number of aromatic nitrogens is 1. The number of anilines is 1. The fraction of sp³-hybridized carbons (Fsp3) is 0.0952. The summed E-state index contributed by atoms with van der Waals surface area (Å²) in [6, 6.07) is 18.7. The van der Waals surface area contributed by atoms with E-state index in [0.717, 1.165) is 22.2 Å². The standard InChI is InChI=1S/C21H18N2O3/c1-23(18-10-3-2-4-11-18)19(24)15-26-20(25)13-12-17-8-5-7-16-9-6-14-22-21(16)17/h2-14H,15H2,1H3. The molecular weight excluding hydrogens is 328 g/mol. The first-order valence-corrected chi connectivity index (χ1v) is 8.15. The molecule has 0 aliphatic heterocycles. The van der Waals surface area contributed by atoms with Crippen LogP contribution in [0.1, 0.15) is 5.56 Å². The SMILES string of the molecule is CN(C(=O)COC(=O)C=Cc1cccc2cccnc12)c1ccccc1. The number of hydrogen-bond donors (Lipinski definition) is 0. The summed E-state index contributed by atoms with van der Waals surface area (Å²) in [6.45, 7) is -0.317. The van der Waals surface area contributed by atoms with Crippen LogP contribution >= 0.6 is 0 Å². The number of amides is 1. The molecule has 3 rings (SSSR count). The van der Waals surface area contributed by atoms with Crippen molar-refractivity contribution in [2.45, 2.75) is 0 Å². The van der Waals surface area contributed by atoms with Gasteiger partial charge in [-0.25, -0.2) is 4.79 Å². The van der Waals surface area contributed by atoms with Crippen LogP contribution in [0.4, 0.5) is 5.69 Å². The molecule has 5 heteroatoms. The molecule has 2 aromatic carbocycles. The Kier molecular flexibility index (Phi) is 5.39. The Morgan fingerprint density at radius 2 is 1.81 bits per heavy atom. The van der Waals surface area contributed by atoms with Crippen molar-refractivity contribution >= 4 is 34.5 Å². The van der Waals surface area contributed by atoms with Gasteiger partial charge in [0.2, 0.25) is 0 Å². The second kappa shape index (κ2) is 8.07. The number of para-hydroxylation sites is 2. The van der Waals surface area contributed by atoms with Gasteiger partial charge in [0, 0.05) is 36.0 Å². The number of benzene rings is 2. The zero-order chi connectivity index (χ0) is 18.4. The van der Waals surface area contributed by atoms with E-state index in [1.54, 1.807) is 19.3 Å². The average molecular weight is 346 g/mol. The topological polar surface area (TPSA) is 59.5 Å². The summed E-state index contributed by atoms with van der Waals surface area (Å²) in [5.74, 6) is -0.877. The molecule has 1 aromatic heterocycles. The second-order valence-corrected chi connectivity index (χ2v) is 5.65. The van der Waals surface area contributed by atoms with E-state index < -0.39 is 5.97 Å². The van der Waals surface area contributed by atoms with Crippen molar-refractivity contribution in [3.8, 4) is 0 Å². The highest BCUT2D eigenvalue weighted by atomic mass is 16.5. The van der Waals surface area contributed by atoms with E-state index in [-0.39, 0.29) is 12.5 Å². The third-order valence-corrected chi connectivity index (χ3v) is 3.92. The Labute approximate surface area is 151 Å². The van der Waals surface area contributed by atoms with Gasteiger partial charge >= 0.3 is 5.97 Å². The highest BCUT2D eigenvalue weighted by Crippen LogP contribution is 2.17. The fourth-order valence-electron chi connectivity index (χ4n) is 2.49. The first kappa shape index (κ1) is 17.4. The Hall–Kier alpha value is -3.47. The van der Waals surface area contributed by atoms with Gasteiger partial charge in [0.1, 0.15) is 0 Å². The molecular formula is C21H18N2O3. The molecule has 5 nitrogen and oxygen atoms in total. The third kappa shape index (κ3) is 4.13. The Morgan fingerprint density at radius 1 is 1.04 bits per heavy atom. The predicted octanol–water partition coefficient (Wildman–Crippen LogP) is 3.45. The van der Waals surface area contributed by atoms with Crippen LogP contribution in [-0.2, 0) is 14.3 Å². The van der Waals surface area contributed by atoms with Gasteiger partial charge in [-0.05, 0) is 24.3 Å². The zero-order valence-corrected chi connectivity index (χ0v) is 14.3. The van der Waals surface area contributed by atoms with Crippen molar-refractivity contribution in [2.75, 3.05) is 18.6 Å².